The molecular formula is C23H40N8O9S. The number of rotatable bonds is 21. The number of guanidine groups is 1. The van der Waals surface area contributed by atoms with Crippen molar-refractivity contribution in [3.63, 3.8) is 0 Å². The van der Waals surface area contributed by atoms with Crippen LogP contribution in [0.5, 0.6) is 0 Å². The average Bonchev–Trinajstić information content (AvgIpc) is 2.87. The van der Waals surface area contributed by atoms with Gasteiger partial charge in [-0.15, -0.1) is 0 Å². The second kappa shape index (κ2) is 19.9. The number of carbonyl (C=O) groups excluding carboxylic acids is 5. The first-order valence-electron chi connectivity index (χ1n) is 12.7. The van der Waals surface area contributed by atoms with Gasteiger partial charge in [-0.25, -0.2) is 0 Å². The number of primary amides is 1. The van der Waals surface area contributed by atoms with E-state index in [9.17, 15) is 33.6 Å². The zero-order valence-electron chi connectivity index (χ0n) is 23.0. The van der Waals surface area contributed by atoms with Gasteiger partial charge in [-0.05, 0) is 44.1 Å². The molecule has 0 aliphatic carbocycles. The summed E-state index contributed by atoms with van der Waals surface area (Å²) in [6, 6.07) is -5.04. The number of carboxylic acid groups (broad SMARTS) is 2. The van der Waals surface area contributed by atoms with E-state index in [-0.39, 0.29) is 38.2 Å². The number of aliphatic carboxylic acids is 2. The van der Waals surface area contributed by atoms with Crippen LogP contribution in [-0.2, 0) is 33.6 Å². The highest BCUT2D eigenvalue weighted by atomic mass is 32.2. The summed E-state index contributed by atoms with van der Waals surface area (Å²) in [5, 5.41) is 37.3. The predicted octanol–water partition coefficient (Wildman–Crippen LogP) is -2.82. The van der Waals surface area contributed by atoms with Gasteiger partial charge in [0, 0.05) is 26.3 Å². The number of hydrogen-bond donors (Lipinski definition) is 10. The van der Waals surface area contributed by atoms with Crippen molar-refractivity contribution in [1.82, 2.24) is 26.6 Å². The fourth-order valence-corrected chi connectivity index (χ4v) is 3.93. The van der Waals surface area contributed by atoms with Crippen LogP contribution in [0.2, 0.25) is 0 Å². The van der Waals surface area contributed by atoms with Gasteiger partial charge >= 0.3 is 11.9 Å². The second-order valence-corrected chi connectivity index (χ2v) is 9.95. The van der Waals surface area contributed by atoms with Gasteiger partial charge in [0.05, 0.1) is 0 Å². The number of hydrogen-bond acceptors (Lipinski definition) is 9. The fourth-order valence-electron chi connectivity index (χ4n) is 3.45. The third kappa shape index (κ3) is 17.3. The molecule has 0 bridgehead atoms. The molecule has 0 aromatic heterocycles. The van der Waals surface area contributed by atoms with Crippen LogP contribution in [0.1, 0.15) is 51.9 Å². The predicted molar refractivity (Wildman–Crippen MR) is 148 cm³/mol. The SMILES string of the molecule is CSCCC(NC(=O)C(CCC(=O)O)NC(C)=O)C(=O)NC(CCC(=O)O)C(=O)NC(CCCNC(=N)N)C(N)=O. The van der Waals surface area contributed by atoms with E-state index < -0.39 is 78.5 Å². The lowest BCUT2D eigenvalue weighted by Crippen LogP contribution is -2.58. The molecule has 0 heterocycles. The first kappa shape index (κ1) is 36.9. The lowest BCUT2D eigenvalue weighted by Gasteiger charge is -2.26. The molecule has 0 aromatic rings. The molecule has 0 fully saturated rings. The summed E-state index contributed by atoms with van der Waals surface area (Å²) < 4.78 is 0. The standard InChI is InChI=1S/C23H40N8O9S/c1-12(32)28-14(5-7-17(33)34)20(38)31-16(9-11-41-2)22(40)30-15(6-8-18(35)36)21(39)29-13(19(24)37)4-3-10-27-23(25)26/h13-16H,3-11H2,1-2H3,(H2,24,37)(H,28,32)(H,29,39)(H,30,40)(H,31,38)(H,33,34)(H,35,36)(H4,25,26,27). The van der Waals surface area contributed by atoms with E-state index in [4.69, 9.17) is 27.1 Å². The van der Waals surface area contributed by atoms with E-state index in [2.05, 4.69) is 26.6 Å². The maximum atomic E-state index is 13.2. The van der Waals surface area contributed by atoms with E-state index in [1.165, 1.54) is 11.8 Å². The van der Waals surface area contributed by atoms with Crippen molar-refractivity contribution in [3.8, 4) is 0 Å². The van der Waals surface area contributed by atoms with Crippen molar-refractivity contribution in [1.29, 1.82) is 5.41 Å². The van der Waals surface area contributed by atoms with Crippen LogP contribution in [-0.4, -0.2) is 100 Å². The molecule has 0 rings (SSSR count). The number of nitrogens with two attached hydrogens (primary N) is 2. The van der Waals surface area contributed by atoms with Gasteiger partial charge < -0.3 is 48.3 Å². The smallest absolute Gasteiger partial charge is 0.303 e. The summed E-state index contributed by atoms with van der Waals surface area (Å²) in [6.07, 6.45) is 0.674. The minimum atomic E-state index is -1.41. The van der Waals surface area contributed by atoms with Crippen molar-refractivity contribution in [2.75, 3.05) is 18.6 Å². The summed E-state index contributed by atoms with van der Waals surface area (Å²) in [5.74, 6) is -6.33. The molecule has 0 aliphatic heterocycles. The molecular weight excluding hydrogens is 564 g/mol. The lowest BCUT2D eigenvalue weighted by atomic mass is 10.1. The van der Waals surface area contributed by atoms with Crippen LogP contribution in [0.3, 0.4) is 0 Å². The molecule has 232 valence electrons. The van der Waals surface area contributed by atoms with Gasteiger partial charge in [-0.2, -0.15) is 11.8 Å². The Labute approximate surface area is 241 Å². The minimum absolute atomic E-state index is 0.0637. The number of carboxylic acids is 2. The molecule has 0 aromatic carbocycles. The first-order chi connectivity index (χ1) is 19.2. The van der Waals surface area contributed by atoms with Gasteiger partial charge in [-0.1, -0.05) is 0 Å². The normalized spacial score (nSPS) is 13.4. The Morgan fingerprint density at radius 2 is 1.17 bits per heavy atom. The second-order valence-electron chi connectivity index (χ2n) is 8.97. The quantitative estimate of drug-likeness (QED) is 0.0360. The maximum absolute atomic E-state index is 13.2. The summed E-state index contributed by atoms with van der Waals surface area (Å²) in [6.45, 7) is 1.36. The summed E-state index contributed by atoms with van der Waals surface area (Å²) >= 11 is 1.36. The molecule has 0 saturated carbocycles. The zero-order valence-corrected chi connectivity index (χ0v) is 23.8. The molecule has 17 nitrogen and oxygen atoms in total. The van der Waals surface area contributed by atoms with Gasteiger partial charge in [0.25, 0.3) is 0 Å². The van der Waals surface area contributed by atoms with Gasteiger partial charge in [0.15, 0.2) is 5.96 Å². The van der Waals surface area contributed by atoms with Crippen molar-refractivity contribution in [3.05, 3.63) is 0 Å². The molecule has 12 N–H and O–H groups in total. The summed E-state index contributed by atoms with van der Waals surface area (Å²) in [4.78, 5) is 84.6. The monoisotopic (exact) mass is 604 g/mol. The van der Waals surface area contributed by atoms with Crippen LogP contribution < -0.4 is 38.1 Å². The lowest BCUT2D eigenvalue weighted by molar-refractivity contribution is -0.138. The highest BCUT2D eigenvalue weighted by Gasteiger charge is 2.31. The van der Waals surface area contributed by atoms with Crippen LogP contribution in [0.4, 0.5) is 0 Å². The molecule has 0 radical (unpaired) electrons. The van der Waals surface area contributed by atoms with Gasteiger partial charge in [-0.3, -0.25) is 39.0 Å². The Kier molecular flexibility index (Phi) is 17.9. The molecule has 0 spiro atoms. The van der Waals surface area contributed by atoms with Crippen molar-refractivity contribution in [2.24, 2.45) is 11.5 Å². The minimum Gasteiger partial charge on any atom is -0.481 e. The highest BCUT2D eigenvalue weighted by Crippen LogP contribution is 2.07. The van der Waals surface area contributed by atoms with Crippen molar-refractivity contribution < 1.29 is 43.8 Å². The van der Waals surface area contributed by atoms with Crippen LogP contribution in [0.15, 0.2) is 0 Å². The number of thioether (sulfide) groups is 1. The van der Waals surface area contributed by atoms with Crippen LogP contribution in [0, 0.1) is 5.41 Å². The van der Waals surface area contributed by atoms with Crippen molar-refractivity contribution in [2.45, 2.75) is 76.0 Å². The van der Waals surface area contributed by atoms with Crippen LogP contribution >= 0.6 is 11.8 Å². The molecule has 5 amide bonds. The Morgan fingerprint density at radius 3 is 1.56 bits per heavy atom. The largest absolute Gasteiger partial charge is 0.481 e. The van der Waals surface area contributed by atoms with E-state index in [0.29, 0.717) is 12.2 Å². The number of nitrogens with one attached hydrogen (secondary N) is 6. The Morgan fingerprint density at radius 1 is 0.732 bits per heavy atom. The fraction of sp³-hybridized carbons (Fsp3) is 0.652. The van der Waals surface area contributed by atoms with Gasteiger partial charge in [0.1, 0.15) is 24.2 Å². The molecule has 41 heavy (non-hydrogen) atoms. The maximum Gasteiger partial charge on any atom is 0.303 e. The van der Waals surface area contributed by atoms with Crippen molar-refractivity contribution >= 4 is 59.2 Å². The molecule has 0 saturated heterocycles. The van der Waals surface area contributed by atoms with E-state index in [1.807, 2.05) is 0 Å². The topological polar surface area (TPSA) is 296 Å². The molecule has 4 unspecified atom stereocenters. The summed E-state index contributed by atoms with van der Waals surface area (Å²) in [7, 11) is 0. The highest BCUT2D eigenvalue weighted by molar-refractivity contribution is 7.98. The Balaban J connectivity index is 5.71. The zero-order chi connectivity index (χ0) is 31.5. The molecule has 4 atom stereocenters. The number of amides is 5. The van der Waals surface area contributed by atoms with Crippen LogP contribution in [0.25, 0.3) is 0 Å². The summed E-state index contributed by atoms with van der Waals surface area (Å²) in [5.41, 5.74) is 10.6. The third-order valence-electron chi connectivity index (χ3n) is 5.51. The van der Waals surface area contributed by atoms with Gasteiger partial charge in [0.2, 0.25) is 29.5 Å². The van der Waals surface area contributed by atoms with E-state index in [1.54, 1.807) is 6.26 Å². The van der Waals surface area contributed by atoms with E-state index in [0.717, 1.165) is 6.92 Å². The van der Waals surface area contributed by atoms with E-state index >= 15 is 0 Å². The average molecular weight is 605 g/mol. The Bertz CT molecular complexity index is 965. The first-order valence-corrected chi connectivity index (χ1v) is 14.0. The molecule has 18 heteroatoms. The molecule has 0 aliphatic rings. The third-order valence-corrected chi connectivity index (χ3v) is 6.15. The number of carbonyl (C=O) groups is 7. The Hall–Kier alpha value is -4.09.